The Balaban J connectivity index is 0.000000155. The third-order valence-corrected chi connectivity index (χ3v) is 23.4. The topological polar surface area (TPSA) is 50.2 Å². The molecule has 14 aromatic carbocycles. The van der Waals surface area contributed by atoms with Crippen LogP contribution in [0.4, 0.5) is 51.2 Å². The van der Waals surface area contributed by atoms with Crippen LogP contribution < -0.4 is 20.2 Å². The molecular formula is C94H82BBr2N3O2. The van der Waals surface area contributed by atoms with Crippen molar-refractivity contribution < 1.29 is 10.0 Å². The van der Waals surface area contributed by atoms with E-state index in [9.17, 15) is 10.0 Å². The van der Waals surface area contributed by atoms with Crippen LogP contribution in [-0.2, 0) is 51.4 Å². The zero-order valence-electron chi connectivity index (χ0n) is 57.6. The summed E-state index contributed by atoms with van der Waals surface area (Å²) in [6.07, 6.45) is 20.0. The van der Waals surface area contributed by atoms with Crippen molar-refractivity contribution in [2.24, 2.45) is 0 Å². The summed E-state index contributed by atoms with van der Waals surface area (Å²) in [5.41, 5.74) is 29.1. The highest BCUT2D eigenvalue weighted by Crippen LogP contribution is 2.50. The Morgan fingerprint density at radius 2 is 0.471 bits per heavy atom. The number of rotatable bonds is 12. The fourth-order valence-corrected chi connectivity index (χ4v) is 18.4. The number of fused-ring (bicyclic) bond motifs is 7. The number of halogens is 2. The predicted octanol–water partition coefficient (Wildman–Crippen LogP) is 25.0. The summed E-state index contributed by atoms with van der Waals surface area (Å²) in [6, 6.07) is 103. The molecule has 0 heterocycles. The molecule has 0 atom stereocenters. The van der Waals surface area contributed by atoms with E-state index in [1.165, 1.54) is 158 Å². The lowest BCUT2D eigenvalue weighted by Crippen LogP contribution is -2.29. The molecule has 2 N–H and O–H groups in total. The first-order valence-corrected chi connectivity index (χ1v) is 38.3. The summed E-state index contributed by atoms with van der Waals surface area (Å²) in [6.45, 7) is 0. The maximum absolute atomic E-state index is 9.37. The molecule has 4 aliphatic carbocycles. The summed E-state index contributed by atoms with van der Waals surface area (Å²) in [5.74, 6) is 0. The first-order chi connectivity index (χ1) is 50.3. The van der Waals surface area contributed by atoms with Crippen molar-refractivity contribution in [1.82, 2.24) is 0 Å². The minimum Gasteiger partial charge on any atom is -0.423 e. The van der Waals surface area contributed by atoms with Gasteiger partial charge in [0.25, 0.3) is 0 Å². The molecule has 0 aromatic heterocycles. The van der Waals surface area contributed by atoms with E-state index in [0.717, 1.165) is 59.5 Å². The van der Waals surface area contributed by atoms with Gasteiger partial charge in [0.1, 0.15) is 0 Å². The van der Waals surface area contributed by atoms with E-state index in [2.05, 4.69) is 283 Å². The fourth-order valence-electron chi connectivity index (χ4n) is 16.7. The Bertz CT molecular complexity index is 4960. The summed E-state index contributed by atoms with van der Waals surface area (Å²) in [5, 5.41) is 26.1. The maximum Gasteiger partial charge on any atom is 0.488 e. The van der Waals surface area contributed by atoms with E-state index < -0.39 is 7.12 Å². The van der Waals surface area contributed by atoms with Crippen LogP contribution in [0.5, 0.6) is 0 Å². The van der Waals surface area contributed by atoms with Crippen LogP contribution >= 0.6 is 31.9 Å². The summed E-state index contributed by atoms with van der Waals surface area (Å²) < 4.78 is 2.89. The van der Waals surface area contributed by atoms with Gasteiger partial charge in [-0.1, -0.05) is 232 Å². The molecule has 0 radical (unpaired) electrons. The molecule has 0 bridgehead atoms. The smallest absolute Gasteiger partial charge is 0.423 e. The molecule has 18 rings (SSSR count). The molecular weight excluding hydrogens is 1370 g/mol. The predicted molar refractivity (Wildman–Crippen MR) is 439 cm³/mol. The third kappa shape index (κ3) is 13.4. The van der Waals surface area contributed by atoms with Crippen molar-refractivity contribution in [2.75, 3.05) is 14.7 Å². The van der Waals surface area contributed by atoms with Gasteiger partial charge < -0.3 is 24.7 Å². The van der Waals surface area contributed by atoms with Gasteiger partial charge >= 0.3 is 7.12 Å². The highest BCUT2D eigenvalue weighted by molar-refractivity contribution is 9.11. The Morgan fingerprint density at radius 1 is 0.235 bits per heavy atom. The van der Waals surface area contributed by atoms with Crippen LogP contribution in [0.2, 0.25) is 0 Å². The monoisotopic (exact) mass is 1450 g/mol. The lowest BCUT2D eigenvalue weighted by atomic mass is 9.73. The average Bonchev–Trinajstić information content (AvgIpc) is 0.763. The molecule has 5 nitrogen and oxygen atoms in total. The minimum atomic E-state index is -1.47. The Hall–Kier alpha value is -9.80. The van der Waals surface area contributed by atoms with Gasteiger partial charge in [-0.25, -0.2) is 0 Å². The molecule has 0 saturated carbocycles. The van der Waals surface area contributed by atoms with Crippen LogP contribution in [0.1, 0.15) is 95.9 Å². The second-order valence-corrected chi connectivity index (χ2v) is 29.2. The van der Waals surface area contributed by atoms with Crippen LogP contribution in [0.25, 0.3) is 54.6 Å². The van der Waals surface area contributed by atoms with Gasteiger partial charge in [-0.2, -0.15) is 0 Å². The second-order valence-electron chi connectivity index (χ2n) is 27.6. The van der Waals surface area contributed by atoms with Crippen LogP contribution in [-0.4, -0.2) is 17.2 Å². The lowest BCUT2D eigenvalue weighted by molar-refractivity contribution is 0.426. The number of para-hydroxylation sites is 3. The molecule has 0 saturated heterocycles. The van der Waals surface area contributed by atoms with E-state index >= 15 is 0 Å². The number of benzene rings is 14. The molecule has 0 unspecified atom stereocenters. The van der Waals surface area contributed by atoms with E-state index in [1.807, 2.05) is 42.5 Å². The van der Waals surface area contributed by atoms with Crippen LogP contribution in [0.3, 0.4) is 0 Å². The molecule has 0 fully saturated rings. The van der Waals surface area contributed by atoms with Gasteiger partial charge in [0, 0.05) is 59.2 Å². The highest BCUT2D eigenvalue weighted by atomic mass is 79.9. The quantitative estimate of drug-likeness (QED) is 0.119. The number of hydrogen-bond donors (Lipinski definition) is 2. The molecule has 4 aliphatic rings. The first-order valence-electron chi connectivity index (χ1n) is 36.7. The van der Waals surface area contributed by atoms with Crippen molar-refractivity contribution in [3.63, 3.8) is 0 Å². The summed E-state index contributed by atoms with van der Waals surface area (Å²) in [4.78, 5) is 7.02. The second kappa shape index (κ2) is 30.4. The SMILES string of the molecule is Brc1c2c(c(Br)c3c1CCCC3)CCCC2.OB(O)c1ccc(N(c2ccccc2)c2cccc3ccccc23)cc1.c1ccc(N(c2ccc(-c3c4c(c(-c5ccc(N(c6ccccc6)c6cccc7ccccc67)cc5)c5c3CCCC5)CCCC4)cc2)c2cccc3ccccc23)cc1. The van der Waals surface area contributed by atoms with Gasteiger partial charge in [-0.05, 0) is 282 Å². The van der Waals surface area contributed by atoms with Crippen molar-refractivity contribution in [2.45, 2.75) is 103 Å². The number of anilines is 9. The lowest BCUT2D eigenvalue weighted by Gasteiger charge is -2.32. The van der Waals surface area contributed by atoms with Gasteiger partial charge in [0.2, 0.25) is 0 Å². The van der Waals surface area contributed by atoms with Crippen molar-refractivity contribution >= 4 is 128 Å². The zero-order valence-corrected chi connectivity index (χ0v) is 60.8. The molecule has 102 heavy (non-hydrogen) atoms. The fraction of sp³-hybridized carbons (Fsp3) is 0.170. The van der Waals surface area contributed by atoms with Crippen molar-refractivity contribution in [1.29, 1.82) is 0 Å². The van der Waals surface area contributed by atoms with Gasteiger partial charge in [0.15, 0.2) is 0 Å². The molecule has 0 spiro atoms. The molecule has 14 aromatic rings. The molecule has 0 amide bonds. The maximum atomic E-state index is 9.37. The van der Waals surface area contributed by atoms with E-state index in [0.29, 0.717) is 5.46 Å². The standard InChI is InChI=1S/C58H48N2.C22H18BNO2.C14H16Br2/c1-3-21-45(22-4-1)59(55-31-15-19-41-17-7-9-25-49(41)55)47-37-33-43(34-38-47)57-51-27-11-13-29-53(51)58(54-30-14-12-28-52(54)57)44-35-39-48(40-36-44)60(46-23-5-2-6-24-46)56-32-16-20-42-18-8-10-26-50(42)56;25-23(26)18-13-15-20(16-14-18)24(19-9-2-1-3-10-19)22-12-6-8-17-7-4-5-11-21(17)22;15-13-9-5-1-2-6-10(9)14(16)12-8-4-3-7-11(12)13/h1-10,15-26,31-40H,11-14,27-30H2;1-16,25-26H;1-8H2. The van der Waals surface area contributed by atoms with Gasteiger partial charge in [0.05, 0.1) is 17.1 Å². The Kier molecular flexibility index (Phi) is 19.9. The Labute approximate surface area is 617 Å². The number of nitrogens with zero attached hydrogens (tertiary/aromatic N) is 3. The van der Waals surface area contributed by atoms with Crippen LogP contribution in [0, 0.1) is 0 Å². The van der Waals surface area contributed by atoms with Gasteiger partial charge in [-0.15, -0.1) is 0 Å². The minimum absolute atomic E-state index is 0.472. The third-order valence-electron chi connectivity index (χ3n) is 21.5. The normalized spacial score (nSPS) is 13.6. The molecule has 8 heteroatoms. The van der Waals surface area contributed by atoms with E-state index in [4.69, 9.17) is 0 Å². The van der Waals surface area contributed by atoms with Crippen molar-refractivity contribution in [3.05, 3.63) is 345 Å². The van der Waals surface area contributed by atoms with E-state index in [-0.39, 0.29) is 0 Å². The largest absolute Gasteiger partial charge is 0.488 e. The first kappa shape index (κ1) is 66.7. The molecule has 502 valence electrons. The van der Waals surface area contributed by atoms with Crippen LogP contribution in [0.15, 0.2) is 300 Å². The Morgan fingerprint density at radius 3 is 0.755 bits per heavy atom. The number of hydrogen-bond acceptors (Lipinski definition) is 5. The van der Waals surface area contributed by atoms with E-state index in [1.54, 1.807) is 56.6 Å². The molecule has 0 aliphatic heterocycles. The average molecular weight is 1460 g/mol. The zero-order chi connectivity index (χ0) is 68.9. The van der Waals surface area contributed by atoms with Gasteiger partial charge in [-0.3, -0.25) is 0 Å². The summed E-state index contributed by atoms with van der Waals surface area (Å²) >= 11 is 7.73. The van der Waals surface area contributed by atoms with Crippen molar-refractivity contribution in [3.8, 4) is 22.3 Å². The summed E-state index contributed by atoms with van der Waals surface area (Å²) in [7, 11) is -1.47. The highest BCUT2D eigenvalue weighted by Gasteiger charge is 2.30.